The van der Waals surface area contributed by atoms with Gasteiger partial charge in [0, 0.05) is 30.2 Å². The van der Waals surface area contributed by atoms with Gasteiger partial charge in [0.1, 0.15) is 12.4 Å². The second-order valence-corrected chi connectivity index (χ2v) is 13.1. The van der Waals surface area contributed by atoms with Crippen molar-refractivity contribution in [3.8, 4) is 11.1 Å². The van der Waals surface area contributed by atoms with E-state index in [1.54, 1.807) is 30.3 Å². The van der Waals surface area contributed by atoms with Crippen LogP contribution in [0.15, 0.2) is 78.9 Å². The predicted octanol–water partition coefficient (Wildman–Crippen LogP) is 4.26. The third-order valence-electron chi connectivity index (χ3n) is 6.10. The van der Waals surface area contributed by atoms with Crippen LogP contribution in [0.25, 0.3) is 22.0 Å². The van der Waals surface area contributed by atoms with E-state index in [-0.39, 0.29) is 12.6 Å². The Kier molecular flexibility index (Phi) is 9.14. The number of esters is 1. The van der Waals surface area contributed by atoms with Gasteiger partial charge in [-0.25, -0.2) is 21.8 Å². The lowest BCUT2D eigenvalue weighted by Crippen LogP contribution is -2.31. The van der Waals surface area contributed by atoms with Crippen LogP contribution < -0.4 is 14.3 Å². The van der Waals surface area contributed by atoms with Crippen molar-refractivity contribution < 1.29 is 26.4 Å². The van der Waals surface area contributed by atoms with Gasteiger partial charge in [0.15, 0.2) is 0 Å². The smallest absolute Gasteiger partial charge is 0.302 e. The Morgan fingerprint density at radius 2 is 1.46 bits per heavy atom. The molecule has 0 aliphatic rings. The monoisotopic (exact) mass is 596 g/mol. The van der Waals surface area contributed by atoms with Gasteiger partial charge in [0.2, 0.25) is 20.0 Å². The number of hydrogen-bond acceptors (Lipinski definition) is 8. The van der Waals surface area contributed by atoms with E-state index in [0.717, 1.165) is 34.6 Å². The first-order chi connectivity index (χ1) is 19.4. The lowest BCUT2D eigenvalue weighted by molar-refractivity contribution is -0.140. The van der Waals surface area contributed by atoms with E-state index >= 15 is 0 Å². The van der Waals surface area contributed by atoms with Gasteiger partial charge in [-0.15, -0.1) is 0 Å². The molecule has 1 heterocycles. The van der Waals surface area contributed by atoms with Crippen LogP contribution in [0.2, 0.25) is 0 Å². The molecule has 0 saturated carbocycles. The van der Waals surface area contributed by atoms with Crippen LogP contribution >= 0.6 is 0 Å². The number of fused-ring (bicyclic) bond motifs is 1. The van der Waals surface area contributed by atoms with Crippen molar-refractivity contribution in [3.05, 3.63) is 84.4 Å². The number of benzene rings is 3. The molecule has 3 aromatic carbocycles. The molecule has 0 aliphatic heterocycles. The Balaban J connectivity index is 1.70. The first-order valence-corrected chi connectivity index (χ1v) is 16.6. The predicted molar refractivity (Wildman–Crippen MR) is 163 cm³/mol. The minimum Gasteiger partial charge on any atom is -0.464 e. The van der Waals surface area contributed by atoms with Crippen molar-refractivity contribution in [2.75, 3.05) is 46.6 Å². The number of sulfonamides is 2. The topological polar surface area (TPSA) is 135 Å². The number of pyridine rings is 1. The molecule has 0 aliphatic carbocycles. The summed E-state index contributed by atoms with van der Waals surface area (Å²) in [7, 11) is -6.83. The molecule has 0 atom stereocenters. The first-order valence-electron chi connectivity index (χ1n) is 12.8. The number of rotatable bonds is 12. The van der Waals surface area contributed by atoms with Crippen LogP contribution in [-0.2, 0) is 36.0 Å². The summed E-state index contributed by atoms with van der Waals surface area (Å²) in [5.41, 5.74) is 4.39. The molecular weight excluding hydrogens is 564 g/mol. The summed E-state index contributed by atoms with van der Waals surface area (Å²) in [5, 5.41) is 0.780. The number of carbonyl (C=O) groups is 1. The van der Waals surface area contributed by atoms with E-state index in [0.29, 0.717) is 42.2 Å². The molecule has 0 bridgehead atoms. The molecular formula is C29H32N4O6S2. The summed E-state index contributed by atoms with van der Waals surface area (Å²) >= 11 is 0. The highest BCUT2D eigenvalue weighted by atomic mass is 32.2. The molecule has 0 spiro atoms. The zero-order valence-electron chi connectivity index (χ0n) is 23.0. The molecule has 0 unspecified atom stereocenters. The molecule has 10 nitrogen and oxygen atoms in total. The van der Waals surface area contributed by atoms with E-state index < -0.39 is 20.0 Å². The Morgan fingerprint density at radius 3 is 2.10 bits per heavy atom. The van der Waals surface area contributed by atoms with Gasteiger partial charge in [0.05, 0.1) is 24.6 Å². The first kappa shape index (κ1) is 29.8. The number of nitrogens with zero attached hydrogens (tertiary/aromatic N) is 2. The molecule has 4 rings (SSSR count). The van der Waals surface area contributed by atoms with Crippen LogP contribution in [0.1, 0.15) is 12.5 Å². The average molecular weight is 597 g/mol. The fourth-order valence-corrected chi connectivity index (χ4v) is 5.49. The van der Waals surface area contributed by atoms with Gasteiger partial charge in [0.25, 0.3) is 0 Å². The van der Waals surface area contributed by atoms with Crippen molar-refractivity contribution in [1.29, 1.82) is 0 Å². The molecule has 2 N–H and O–H groups in total. The Labute approximate surface area is 240 Å². The largest absolute Gasteiger partial charge is 0.464 e. The quantitative estimate of drug-likeness (QED) is 0.232. The lowest BCUT2D eigenvalue weighted by atomic mass is 10.0. The summed E-state index contributed by atoms with van der Waals surface area (Å²) in [4.78, 5) is 18.4. The Morgan fingerprint density at radius 1 is 0.829 bits per heavy atom. The number of ether oxygens (including phenoxy) is 1. The molecule has 12 heteroatoms. The number of carbonyl (C=O) groups excluding carboxylic acids is 1. The number of aromatic nitrogens is 1. The maximum atomic E-state index is 11.9. The average Bonchev–Trinajstić information content (AvgIpc) is 2.89. The van der Waals surface area contributed by atoms with Crippen molar-refractivity contribution >= 4 is 54.1 Å². The van der Waals surface area contributed by atoms with Gasteiger partial charge >= 0.3 is 5.97 Å². The highest BCUT2D eigenvalue weighted by molar-refractivity contribution is 7.92. The summed E-state index contributed by atoms with van der Waals surface area (Å²) < 4.78 is 57.0. The van der Waals surface area contributed by atoms with Crippen LogP contribution in [0, 0.1) is 0 Å². The SMILES string of the molecule is CC(=O)OCCN(CCc1ccc(NS(C)(=O)=O)cc1)c1cc(-c2ccccc2)c2cc(NS(C)(=O)=O)ccc2n1. The third-order valence-corrected chi connectivity index (χ3v) is 7.31. The molecule has 216 valence electrons. The van der Waals surface area contributed by atoms with Gasteiger partial charge in [-0.05, 0) is 59.5 Å². The van der Waals surface area contributed by atoms with Gasteiger partial charge in [-0.2, -0.15) is 0 Å². The Hall–Kier alpha value is -4.16. The minimum atomic E-state index is -3.46. The van der Waals surface area contributed by atoms with E-state index in [9.17, 15) is 21.6 Å². The van der Waals surface area contributed by atoms with Gasteiger partial charge < -0.3 is 9.64 Å². The van der Waals surface area contributed by atoms with Crippen LogP contribution in [0.4, 0.5) is 17.2 Å². The van der Waals surface area contributed by atoms with E-state index in [2.05, 4.69) is 9.44 Å². The highest BCUT2D eigenvalue weighted by Crippen LogP contribution is 2.33. The lowest BCUT2D eigenvalue weighted by Gasteiger charge is -2.25. The summed E-state index contributed by atoms with van der Waals surface area (Å²) in [5.74, 6) is 0.295. The molecule has 0 amide bonds. The molecule has 1 aromatic heterocycles. The normalized spacial score (nSPS) is 11.7. The van der Waals surface area contributed by atoms with E-state index in [1.165, 1.54) is 6.92 Å². The molecule has 0 fully saturated rings. The maximum Gasteiger partial charge on any atom is 0.302 e. The fraction of sp³-hybridized carbons (Fsp3) is 0.241. The van der Waals surface area contributed by atoms with E-state index in [4.69, 9.17) is 9.72 Å². The molecule has 0 radical (unpaired) electrons. The number of hydrogen-bond donors (Lipinski definition) is 2. The molecule has 0 saturated heterocycles. The summed E-state index contributed by atoms with van der Waals surface area (Å²) in [6, 6.07) is 24.0. The number of nitrogens with one attached hydrogen (secondary N) is 2. The van der Waals surface area contributed by atoms with Gasteiger partial charge in [-0.3, -0.25) is 14.2 Å². The summed E-state index contributed by atoms with van der Waals surface area (Å²) in [6.45, 7) is 2.47. The van der Waals surface area contributed by atoms with Crippen molar-refractivity contribution in [2.45, 2.75) is 13.3 Å². The van der Waals surface area contributed by atoms with Gasteiger partial charge in [-0.1, -0.05) is 42.5 Å². The standard InChI is InChI=1S/C29H32N4O6S2/c1-21(34)39-18-17-33(16-15-22-9-11-24(12-10-22)31-40(2,35)36)29-20-26(23-7-5-4-6-8-23)27-19-25(32-41(3,37)38)13-14-28(27)30-29/h4-14,19-20,31-32H,15-18H2,1-3H3. The van der Waals surface area contributed by atoms with Crippen LogP contribution in [-0.4, -0.2) is 60.0 Å². The second kappa shape index (κ2) is 12.6. The Bertz CT molecular complexity index is 1740. The zero-order valence-corrected chi connectivity index (χ0v) is 24.6. The molecule has 4 aromatic rings. The third kappa shape index (κ3) is 8.92. The van der Waals surface area contributed by atoms with Crippen molar-refractivity contribution in [3.63, 3.8) is 0 Å². The molecule has 41 heavy (non-hydrogen) atoms. The highest BCUT2D eigenvalue weighted by Gasteiger charge is 2.16. The number of anilines is 3. The van der Waals surface area contributed by atoms with E-state index in [1.807, 2.05) is 53.4 Å². The minimum absolute atomic E-state index is 0.171. The van der Waals surface area contributed by atoms with Crippen LogP contribution in [0.5, 0.6) is 0 Å². The van der Waals surface area contributed by atoms with Crippen molar-refractivity contribution in [1.82, 2.24) is 4.98 Å². The van der Waals surface area contributed by atoms with Crippen molar-refractivity contribution in [2.24, 2.45) is 0 Å². The maximum absolute atomic E-state index is 11.9. The van der Waals surface area contributed by atoms with Crippen LogP contribution in [0.3, 0.4) is 0 Å². The fourth-order valence-electron chi connectivity index (χ4n) is 4.37. The zero-order chi connectivity index (χ0) is 29.6. The summed E-state index contributed by atoms with van der Waals surface area (Å²) in [6.07, 6.45) is 2.83. The second-order valence-electron chi connectivity index (χ2n) is 9.65.